The molecule has 2 fully saturated rings. The number of amides is 1. The lowest BCUT2D eigenvalue weighted by atomic mass is 9.84. The highest BCUT2D eigenvalue weighted by Crippen LogP contribution is 2.32. The average Bonchev–Trinajstić information content (AvgIpc) is 3.46. The fraction of sp³-hybridized carbons (Fsp3) is 0.476. The molecule has 162 valence electrons. The zero-order valence-corrected chi connectivity index (χ0v) is 17.1. The Morgan fingerprint density at radius 1 is 1.19 bits per heavy atom. The summed E-state index contributed by atoms with van der Waals surface area (Å²) in [5, 5.41) is 3.83. The van der Waals surface area contributed by atoms with Crippen molar-refractivity contribution in [2.75, 3.05) is 24.1 Å². The third-order valence-corrected chi connectivity index (χ3v) is 6.27. The Labute approximate surface area is 178 Å². The van der Waals surface area contributed by atoms with Crippen molar-refractivity contribution >= 4 is 28.6 Å². The van der Waals surface area contributed by atoms with Gasteiger partial charge in [0.25, 0.3) is 0 Å². The Kier molecular flexibility index (Phi) is 5.13. The van der Waals surface area contributed by atoms with E-state index in [2.05, 4.69) is 30.2 Å². The first-order valence-corrected chi connectivity index (χ1v) is 10.8. The molecule has 4 N–H and O–H groups in total. The van der Waals surface area contributed by atoms with Crippen molar-refractivity contribution in [2.45, 2.75) is 44.6 Å². The van der Waals surface area contributed by atoms with E-state index in [0.29, 0.717) is 34.7 Å². The molecule has 0 unspecified atom stereocenters. The predicted molar refractivity (Wildman–Crippen MR) is 114 cm³/mol. The summed E-state index contributed by atoms with van der Waals surface area (Å²) in [6.45, 7) is 1.71. The van der Waals surface area contributed by atoms with Crippen molar-refractivity contribution in [3.8, 4) is 11.4 Å². The van der Waals surface area contributed by atoms with Gasteiger partial charge in [-0.15, -0.1) is 0 Å². The maximum absolute atomic E-state index is 14.5. The Morgan fingerprint density at radius 2 is 2.03 bits per heavy atom. The van der Waals surface area contributed by atoms with Crippen LogP contribution in [0.3, 0.4) is 0 Å². The van der Waals surface area contributed by atoms with Crippen molar-refractivity contribution in [2.24, 2.45) is 5.92 Å². The van der Waals surface area contributed by atoms with Gasteiger partial charge < -0.3 is 20.9 Å². The Bertz CT molecular complexity index is 1110. The molecule has 0 bridgehead atoms. The lowest BCUT2D eigenvalue weighted by Crippen LogP contribution is -2.39. The van der Waals surface area contributed by atoms with Gasteiger partial charge in [-0.05, 0) is 32.1 Å². The lowest BCUT2D eigenvalue weighted by molar-refractivity contribution is -0.135. The highest BCUT2D eigenvalue weighted by Gasteiger charge is 2.32. The van der Waals surface area contributed by atoms with Crippen molar-refractivity contribution < 1.29 is 9.18 Å². The van der Waals surface area contributed by atoms with Crippen LogP contribution in [0.4, 0.5) is 16.0 Å². The molecule has 9 nitrogen and oxygen atoms in total. The molecule has 0 aromatic carbocycles. The number of carbonyl (C=O) groups excluding carboxylic acids is 1. The van der Waals surface area contributed by atoms with Crippen LogP contribution in [0.2, 0.25) is 0 Å². The van der Waals surface area contributed by atoms with E-state index in [4.69, 9.17) is 5.73 Å². The smallest absolute Gasteiger partial charge is 0.225 e. The number of halogens is 1. The third kappa shape index (κ3) is 3.77. The summed E-state index contributed by atoms with van der Waals surface area (Å²) >= 11 is 0. The first kappa shape index (κ1) is 19.7. The third-order valence-electron chi connectivity index (χ3n) is 6.27. The highest BCUT2D eigenvalue weighted by molar-refractivity contribution is 5.98. The normalized spacial score (nSPS) is 21.5. The number of nitrogen functional groups attached to an aromatic ring is 1. The van der Waals surface area contributed by atoms with Crippen LogP contribution in [0.1, 0.15) is 38.5 Å². The molecule has 31 heavy (non-hydrogen) atoms. The van der Waals surface area contributed by atoms with Crippen LogP contribution in [-0.4, -0.2) is 54.9 Å². The zero-order chi connectivity index (χ0) is 21.4. The number of rotatable bonds is 4. The fourth-order valence-corrected chi connectivity index (χ4v) is 4.70. The van der Waals surface area contributed by atoms with E-state index in [1.165, 1.54) is 6.33 Å². The summed E-state index contributed by atoms with van der Waals surface area (Å²) in [7, 11) is 0. The average molecular weight is 424 g/mol. The van der Waals surface area contributed by atoms with Crippen molar-refractivity contribution in [3.63, 3.8) is 0 Å². The largest absolute Gasteiger partial charge is 0.383 e. The van der Waals surface area contributed by atoms with Crippen LogP contribution >= 0.6 is 0 Å². The van der Waals surface area contributed by atoms with Gasteiger partial charge in [-0.3, -0.25) is 4.79 Å². The number of nitrogens with one attached hydrogen (secondary N) is 2. The maximum atomic E-state index is 14.5. The fourth-order valence-electron chi connectivity index (χ4n) is 4.70. The maximum Gasteiger partial charge on any atom is 0.225 e. The van der Waals surface area contributed by atoms with Crippen LogP contribution in [0.25, 0.3) is 22.4 Å². The number of nitrogens with zero attached hydrogens (tertiary/aromatic N) is 5. The minimum Gasteiger partial charge on any atom is -0.383 e. The number of aromatic nitrogens is 5. The summed E-state index contributed by atoms with van der Waals surface area (Å²) in [5.74, 6) is 0.465. The minimum absolute atomic E-state index is 0.0146. The number of anilines is 2. The van der Waals surface area contributed by atoms with E-state index in [0.717, 1.165) is 51.4 Å². The number of fused-ring (bicyclic) bond motifs is 1. The van der Waals surface area contributed by atoms with E-state index >= 15 is 0 Å². The van der Waals surface area contributed by atoms with Crippen molar-refractivity contribution in [3.05, 3.63) is 24.5 Å². The van der Waals surface area contributed by atoms with Gasteiger partial charge in [0.2, 0.25) is 5.91 Å². The Hall–Kier alpha value is -3.30. The van der Waals surface area contributed by atoms with E-state index in [9.17, 15) is 9.18 Å². The topological polar surface area (TPSA) is 126 Å². The Balaban J connectivity index is 1.36. The molecule has 2 aliphatic rings. The molecule has 1 aliphatic carbocycles. The van der Waals surface area contributed by atoms with E-state index < -0.39 is 5.82 Å². The molecule has 2 atom stereocenters. The number of hydrogen-bond donors (Lipinski definition) is 3. The number of likely N-dealkylation sites (tertiary alicyclic amines) is 1. The number of carbonyl (C=O) groups is 1. The second-order valence-corrected chi connectivity index (χ2v) is 8.31. The summed E-state index contributed by atoms with van der Waals surface area (Å²) in [6, 6.07) is -0.0149. The van der Waals surface area contributed by atoms with Crippen molar-refractivity contribution in [1.29, 1.82) is 0 Å². The molecular formula is C21H25FN8O. The first-order valence-electron chi connectivity index (χ1n) is 10.8. The zero-order valence-electron chi connectivity index (χ0n) is 17.1. The summed E-state index contributed by atoms with van der Waals surface area (Å²) in [4.78, 5) is 34.5. The summed E-state index contributed by atoms with van der Waals surface area (Å²) in [5.41, 5.74) is 7.18. The number of nitrogens with two attached hydrogens (primary N) is 1. The van der Waals surface area contributed by atoms with E-state index in [1.54, 1.807) is 6.20 Å². The van der Waals surface area contributed by atoms with E-state index in [-0.39, 0.29) is 23.7 Å². The molecule has 5 rings (SSSR count). The number of aromatic amines is 1. The first-order chi connectivity index (χ1) is 15.1. The molecular weight excluding hydrogens is 399 g/mol. The highest BCUT2D eigenvalue weighted by atomic mass is 19.1. The van der Waals surface area contributed by atoms with E-state index in [1.807, 2.05) is 4.90 Å². The molecule has 3 aromatic heterocycles. The van der Waals surface area contributed by atoms with Gasteiger partial charge in [0.05, 0.1) is 11.6 Å². The summed E-state index contributed by atoms with van der Waals surface area (Å²) in [6.07, 6.45) is 9.75. The molecule has 1 aliphatic heterocycles. The molecule has 1 saturated heterocycles. The second-order valence-electron chi connectivity index (χ2n) is 8.31. The molecule has 0 spiro atoms. The molecule has 1 saturated carbocycles. The molecule has 3 aromatic rings. The lowest BCUT2D eigenvalue weighted by Gasteiger charge is -2.31. The Morgan fingerprint density at radius 3 is 2.87 bits per heavy atom. The van der Waals surface area contributed by atoms with Gasteiger partial charge in [-0.2, -0.15) is 0 Å². The monoisotopic (exact) mass is 424 g/mol. The van der Waals surface area contributed by atoms with Crippen LogP contribution in [0, 0.1) is 11.7 Å². The standard InChI is InChI=1S/C21H25FN8O/c22-15-10-25-18(14-9-24-20-16(14)17(23)26-11-27-20)29-19(15)28-13-5-3-4-12(8-13)21(31)30-6-1-2-7-30/h9-13H,1-8H2,(H,25,28,29)(H3,23,24,26,27)/t12-,13+/m0/s1. The molecule has 10 heteroatoms. The molecule has 0 radical (unpaired) electrons. The van der Waals surface area contributed by atoms with Crippen LogP contribution in [-0.2, 0) is 4.79 Å². The van der Waals surface area contributed by atoms with Gasteiger partial charge in [0.15, 0.2) is 17.5 Å². The number of hydrogen-bond acceptors (Lipinski definition) is 7. The van der Waals surface area contributed by atoms with Crippen LogP contribution < -0.4 is 11.1 Å². The predicted octanol–water partition coefficient (Wildman–Crippen LogP) is 2.73. The van der Waals surface area contributed by atoms with Gasteiger partial charge >= 0.3 is 0 Å². The van der Waals surface area contributed by atoms with Crippen LogP contribution in [0.5, 0.6) is 0 Å². The van der Waals surface area contributed by atoms with Gasteiger partial charge in [0, 0.05) is 36.8 Å². The van der Waals surface area contributed by atoms with Crippen LogP contribution in [0.15, 0.2) is 18.7 Å². The number of H-pyrrole nitrogens is 1. The second kappa shape index (κ2) is 8.09. The summed E-state index contributed by atoms with van der Waals surface area (Å²) < 4.78 is 14.5. The quantitative estimate of drug-likeness (QED) is 0.588. The molecule has 1 amide bonds. The van der Waals surface area contributed by atoms with Gasteiger partial charge in [-0.1, -0.05) is 6.42 Å². The van der Waals surface area contributed by atoms with Crippen molar-refractivity contribution in [1.82, 2.24) is 29.8 Å². The van der Waals surface area contributed by atoms with Gasteiger partial charge in [-0.25, -0.2) is 24.3 Å². The SMILES string of the molecule is Nc1ncnc2[nH]cc(-c3ncc(F)c(N[C@@H]4CCC[C@H](C(=O)N5CCCC5)C4)n3)c12. The van der Waals surface area contributed by atoms with Gasteiger partial charge in [0.1, 0.15) is 17.8 Å². The molecule has 4 heterocycles. The minimum atomic E-state index is -0.527.